The molecule has 0 saturated heterocycles. The Kier molecular flexibility index (Phi) is 5.22. The number of nitrogens with zero attached hydrogens (tertiary/aromatic N) is 2. The van der Waals surface area contributed by atoms with E-state index in [0.717, 1.165) is 39.5 Å². The van der Waals surface area contributed by atoms with Crippen LogP contribution < -0.4 is 0 Å². The Morgan fingerprint density at radius 1 is 0.595 bits per heavy atom. The Labute approximate surface area is 216 Å². The third-order valence-electron chi connectivity index (χ3n) is 7.11. The highest BCUT2D eigenvalue weighted by Gasteiger charge is 2.15. The fourth-order valence-electron chi connectivity index (χ4n) is 5.27. The van der Waals surface area contributed by atoms with Crippen molar-refractivity contribution in [2.75, 3.05) is 0 Å². The van der Waals surface area contributed by atoms with E-state index in [0.29, 0.717) is 0 Å². The van der Waals surface area contributed by atoms with Gasteiger partial charge < -0.3 is 0 Å². The number of allylic oxidation sites excluding steroid dienone is 6. The summed E-state index contributed by atoms with van der Waals surface area (Å²) >= 11 is 0. The molecule has 0 atom stereocenters. The van der Waals surface area contributed by atoms with Crippen molar-refractivity contribution in [3.63, 3.8) is 0 Å². The molecular formula is C35H24N2. The Bertz CT molecular complexity index is 1890. The van der Waals surface area contributed by atoms with Crippen LogP contribution in [-0.4, -0.2) is 9.97 Å². The third kappa shape index (κ3) is 3.84. The highest BCUT2D eigenvalue weighted by Crippen LogP contribution is 2.37. The van der Waals surface area contributed by atoms with Crippen LogP contribution in [0.5, 0.6) is 0 Å². The molecule has 2 nitrogen and oxygen atoms in total. The van der Waals surface area contributed by atoms with Crippen molar-refractivity contribution < 1.29 is 0 Å². The molecule has 2 heteroatoms. The van der Waals surface area contributed by atoms with Crippen LogP contribution >= 0.6 is 0 Å². The molecule has 1 aliphatic carbocycles. The number of aromatic nitrogens is 2. The molecule has 0 N–H and O–H groups in total. The standard InChI is InChI=1S/C35H24N2/c1-2-5-12-25(11-4-1)29-20-21-36-34-30(29)18-19-31-32(26-13-6-3-7-14-26)23-33(37-35(31)34)28-17-16-24-10-8-9-15-27(24)22-28/h1,3-23H,2H2. The normalized spacial score (nSPS) is 13.2. The van der Waals surface area contributed by atoms with Gasteiger partial charge in [0, 0.05) is 22.5 Å². The van der Waals surface area contributed by atoms with Crippen molar-refractivity contribution in [2.24, 2.45) is 0 Å². The van der Waals surface area contributed by atoms with Crippen molar-refractivity contribution in [1.29, 1.82) is 0 Å². The van der Waals surface area contributed by atoms with Gasteiger partial charge in [0.05, 0.1) is 16.7 Å². The molecule has 37 heavy (non-hydrogen) atoms. The molecule has 6 aromatic rings. The molecule has 0 radical (unpaired) electrons. The second kappa shape index (κ2) is 9.00. The number of pyridine rings is 2. The SMILES string of the molecule is C1=CCC=CC(c2ccnc3c2ccc2c(-c4ccccc4)cc(-c4ccc5ccccc5c4)nc23)=C1. The lowest BCUT2D eigenvalue weighted by Crippen LogP contribution is -1.94. The molecule has 0 aliphatic heterocycles. The van der Waals surface area contributed by atoms with Gasteiger partial charge in [-0.05, 0) is 57.7 Å². The first-order chi connectivity index (χ1) is 18.3. The molecule has 0 fully saturated rings. The topological polar surface area (TPSA) is 25.8 Å². The quantitative estimate of drug-likeness (QED) is 0.240. The molecule has 2 heterocycles. The van der Waals surface area contributed by atoms with E-state index in [1.165, 1.54) is 33.0 Å². The largest absolute Gasteiger partial charge is 0.254 e. The van der Waals surface area contributed by atoms with Gasteiger partial charge >= 0.3 is 0 Å². The Morgan fingerprint density at radius 3 is 2.30 bits per heavy atom. The molecular weight excluding hydrogens is 448 g/mol. The van der Waals surface area contributed by atoms with E-state index in [4.69, 9.17) is 9.97 Å². The second-order valence-corrected chi connectivity index (χ2v) is 9.39. The molecule has 0 spiro atoms. The number of benzene rings is 4. The molecule has 0 unspecified atom stereocenters. The Morgan fingerprint density at radius 2 is 1.41 bits per heavy atom. The molecule has 4 aromatic carbocycles. The minimum absolute atomic E-state index is 0.928. The summed E-state index contributed by atoms with van der Waals surface area (Å²) in [7, 11) is 0. The fourth-order valence-corrected chi connectivity index (χ4v) is 5.27. The summed E-state index contributed by atoms with van der Waals surface area (Å²) in [5.41, 5.74) is 8.61. The van der Waals surface area contributed by atoms with E-state index in [-0.39, 0.29) is 0 Å². The molecule has 174 valence electrons. The van der Waals surface area contributed by atoms with Crippen molar-refractivity contribution in [3.05, 3.63) is 139 Å². The fraction of sp³-hybridized carbons (Fsp3) is 0.0286. The number of rotatable bonds is 3. The van der Waals surface area contributed by atoms with Crippen molar-refractivity contribution in [1.82, 2.24) is 9.97 Å². The van der Waals surface area contributed by atoms with E-state index < -0.39 is 0 Å². The summed E-state index contributed by atoms with van der Waals surface area (Å²) in [6, 6.07) is 34.4. The van der Waals surface area contributed by atoms with Gasteiger partial charge in [0.25, 0.3) is 0 Å². The number of hydrogen-bond donors (Lipinski definition) is 0. The summed E-state index contributed by atoms with van der Waals surface area (Å²) < 4.78 is 0. The second-order valence-electron chi connectivity index (χ2n) is 9.39. The van der Waals surface area contributed by atoms with Gasteiger partial charge in [0.15, 0.2) is 0 Å². The molecule has 0 saturated carbocycles. The Balaban J connectivity index is 1.53. The first-order valence-electron chi connectivity index (χ1n) is 12.7. The van der Waals surface area contributed by atoms with Crippen LogP contribution in [0.2, 0.25) is 0 Å². The maximum atomic E-state index is 5.26. The van der Waals surface area contributed by atoms with Crippen molar-refractivity contribution >= 4 is 38.2 Å². The third-order valence-corrected chi connectivity index (χ3v) is 7.11. The molecule has 2 aromatic heterocycles. The van der Waals surface area contributed by atoms with Crippen LogP contribution in [0.4, 0.5) is 0 Å². The summed E-state index contributed by atoms with van der Waals surface area (Å²) in [5.74, 6) is 0. The van der Waals surface area contributed by atoms with Gasteiger partial charge in [-0.3, -0.25) is 4.98 Å². The average molecular weight is 473 g/mol. The predicted octanol–water partition coefficient (Wildman–Crippen LogP) is 9.17. The van der Waals surface area contributed by atoms with Gasteiger partial charge in [-0.2, -0.15) is 0 Å². The van der Waals surface area contributed by atoms with E-state index in [9.17, 15) is 0 Å². The zero-order chi connectivity index (χ0) is 24.6. The van der Waals surface area contributed by atoms with E-state index >= 15 is 0 Å². The van der Waals surface area contributed by atoms with Gasteiger partial charge in [0.2, 0.25) is 0 Å². The van der Waals surface area contributed by atoms with Crippen LogP contribution in [0.1, 0.15) is 12.0 Å². The summed E-state index contributed by atoms with van der Waals surface area (Å²) in [5, 5.41) is 4.66. The van der Waals surface area contributed by atoms with Crippen LogP contribution in [0.3, 0.4) is 0 Å². The van der Waals surface area contributed by atoms with Crippen LogP contribution in [0.15, 0.2) is 134 Å². The first kappa shape index (κ1) is 21.5. The first-order valence-corrected chi connectivity index (χ1v) is 12.7. The van der Waals surface area contributed by atoms with Crippen LogP contribution in [-0.2, 0) is 0 Å². The van der Waals surface area contributed by atoms with Gasteiger partial charge in [-0.15, -0.1) is 0 Å². The van der Waals surface area contributed by atoms with E-state index in [1.807, 2.05) is 6.20 Å². The number of fused-ring (bicyclic) bond motifs is 4. The number of hydrogen-bond acceptors (Lipinski definition) is 2. The highest BCUT2D eigenvalue weighted by molar-refractivity contribution is 6.12. The molecule has 0 amide bonds. The highest BCUT2D eigenvalue weighted by atomic mass is 14.8. The van der Waals surface area contributed by atoms with Gasteiger partial charge in [0.1, 0.15) is 0 Å². The van der Waals surface area contributed by atoms with E-state index in [2.05, 4.69) is 127 Å². The zero-order valence-electron chi connectivity index (χ0n) is 20.3. The lowest BCUT2D eigenvalue weighted by Gasteiger charge is -2.14. The maximum absolute atomic E-state index is 5.26. The molecule has 1 aliphatic rings. The van der Waals surface area contributed by atoms with Crippen LogP contribution in [0.25, 0.3) is 60.5 Å². The van der Waals surface area contributed by atoms with Gasteiger partial charge in [-0.25, -0.2) is 4.98 Å². The van der Waals surface area contributed by atoms with E-state index in [1.54, 1.807) is 0 Å². The minimum Gasteiger partial charge on any atom is -0.254 e. The lowest BCUT2D eigenvalue weighted by atomic mass is 9.94. The lowest BCUT2D eigenvalue weighted by molar-refractivity contribution is 1.36. The zero-order valence-corrected chi connectivity index (χ0v) is 20.3. The minimum atomic E-state index is 0.928. The van der Waals surface area contributed by atoms with Crippen LogP contribution in [0, 0.1) is 0 Å². The summed E-state index contributed by atoms with van der Waals surface area (Å²) in [6.07, 6.45) is 13.7. The average Bonchev–Trinajstić information content (AvgIpc) is 3.26. The molecule has 0 bridgehead atoms. The summed E-state index contributed by atoms with van der Waals surface area (Å²) in [4.78, 5) is 10.1. The molecule has 7 rings (SSSR count). The monoisotopic (exact) mass is 472 g/mol. The predicted molar refractivity (Wildman–Crippen MR) is 156 cm³/mol. The summed E-state index contributed by atoms with van der Waals surface area (Å²) in [6.45, 7) is 0. The smallest absolute Gasteiger partial charge is 0.0978 e. The van der Waals surface area contributed by atoms with Crippen molar-refractivity contribution in [2.45, 2.75) is 6.42 Å². The van der Waals surface area contributed by atoms with Crippen molar-refractivity contribution in [3.8, 4) is 22.4 Å². The van der Waals surface area contributed by atoms with Gasteiger partial charge in [-0.1, -0.05) is 109 Å². The maximum Gasteiger partial charge on any atom is 0.0978 e. The Hall–Kier alpha value is -4.82.